The summed E-state index contributed by atoms with van der Waals surface area (Å²) in [6, 6.07) is 4.30. The Labute approximate surface area is 88.7 Å². The highest BCUT2D eigenvalue weighted by atomic mass is 16.4. The zero-order valence-electron chi connectivity index (χ0n) is 8.66. The van der Waals surface area contributed by atoms with Gasteiger partial charge in [0.05, 0.1) is 5.56 Å². The van der Waals surface area contributed by atoms with E-state index >= 15 is 0 Å². The fourth-order valence-corrected chi connectivity index (χ4v) is 1.34. The van der Waals surface area contributed by atoms with Crippen LogP contribution in [0.3, 0.4) is 0 Å². The topological polar surface area (TPSA) is 57.5 Å². The maximum atomic E-state index is 10.9. The van der Waals surface area contributed by atoms with Crippen LogP contribution in [0.4, 0.5) is 0 Å². The molecule has 80 valence electrons. The van der Waals surface area contributed by atoms with Crippen LogP contribution in [0.5, 0.6) is 5.75 Å². The zero-order valence-corrected chi connectivity index (χ0v) is 8.66. The maximum absolute atomic E-state index is 10.9. The molecule has 0 saturated heterocycles. The Bertz CT molecular complexity index is 394. The normalized spacial score (nSPS) is 9.93. The van der Waals surface area contributed by atoms with Crippen molar-refractivity contribution in [1.82, 2.24) is 0 Å². The molecule has 0 amide bonds. The van der Waals surface area contributed by atoms with Crippen LogP contribution >= 0.6 is 0 Å². The Balaban J connectivity index is 2.96. The van der Waals surface area contributed by atoms with Crippen LogP contribution in [-0.2, 0) is 6.42 Å². The van der Waals surface area contributed by atoms with Crippen molar-refractivity contribution in [2.45, 2.75) is 19.8 Å². The number of phenolic OH excluding ortho intramolecular Hbond substituents is 1. The Kier molecular flexibility index (Phi) is 3.50. The minimum Gasteiger partial charge on any atom is -0.508 e. The molecule has 0 radical (unpaired) electrons. The van der Waals surface area contributed by atoms with Crippen LogP contribution in [0, 0.1) is 0 Å². The van der Waals surface area contributed by atoms with Crippen molar-refractivity contribution >= 4 is 5.97 Å². The van der Waals surface area contributed by atoms with Crippen molar-refractivity contribution in [3.05, 3.63) is 41.5 Å². The van der Waals surface area contributed by atoms with E-state index in [1.54, 1.807) is 0 Å². The summed E-state index contributed by atoms with van der Waals surface area (Å²) in [6.07, 6.45) is 1.31. The summed E-state index contributed by atoms with van der Waals surface area (Å²) in [7, 11) is 0. The highest BCUT2D eigenvalue weighted by molar-refractivity contribution is 5.89. The summed E-state index contributed by atoms with van der Waals surface area (Å²) in [4.78, 5) is 10.9. The van der Waals surface area contributed by atoms with Gasteiger partial charge in [0, 0.05) is 0 Å². The van der Waals surface area contributed by atoms with E-state index in [4.69, 9.17) is 5.11 Å². The molecule has 1 rings (SSSR count). The van der Waals surface area contributed by atoms with Crippen molar-refractivity contribution in [2.75, 3.05) is 0 Å². The molecule has 0 aromatic heterocycles. The van der Waals surface area contributed by atoms with Crippen LogP contribution < -0.4 is 0 Å². The lowest BCUT2D eigenvalue weighted by Crippen LogP contribution is -2.02. The summed E-state index contributed by atoms with van der Waals surface area (Å²) >= 11 is 0. The van der Waals surface area contributed by atoms with E-state index in [1.165, 1.54) is 18.2 Å². The van der Waals surface area contributed by atoms with Crippen molar-refractivity contribution in [1.29, 1.82) is 0 Å². The third-order valence-corrected chi connectivity index (χ3v) is 2.14. The Morgan fingerprint density at radius 1 is 1.47 bits per heavy atom. The number of aromatic carboxylic acids is 1. The van der Waals surface area contributed by atoms with Gasteiger partial charge in [0.15, 0.2) is 0 Å². The number of carboxylic acid groups (broad SMARTS) is 1. The van der Waals surface area contributed by atoms with Crippen LogP contribution in [0.25, 0.3) is 0 Å². The second-order valence-electron chi connectivity index (χ2n) is 3.60. The van der Waals surface area contributed by atoms with E-state index in [0.717, 1.165) is 12.0 Å². The van der Waals surface area contributed by atoms with E-state index in [-0.39, 0.29) is 11.3 Å². The molecule has 0 atom stereocenters. The smallest absolute Gasteiger partial charge is 0.335 e. The molecular formula is C12H14O3. The number of carboxylic acids is 1. The van der Waals surface area contributed by atoms with Crippen molar-refractivity contribution in [3.8, 4) is 5.75 Å². The second kappa shape index (κ2) is 4.64. The lowest BCUT2D eigenvalue weighted by atomic mass is 10.0. The van der Waals surface area contributed by atoms with Gasteiger partial charge in [-0.15, -0.1) is 6.58 Å². The van der Waals surface area contributed by atoms with Gasteiger partial charge in [-0.25, -0.2) is 4.79 Å². The molecule has 0 aliphatic carbocycles. The Morgan fingerprint density at radius 3 is 2.67 bits per heavy atom. The number of hydrogen-bond acceptors (Lipinski definition) is 2. The van der Waals surface area contributed by atoms with Gasteiger partial charge in [0.2, 0.25) is 0 Å². The molecule has 0 spiro atoms. The number of aromatic hydroxyl groups is 1. The van der Waals surface area contributed by atoms with Crippen LogP contribution in [0.1, 0.15) is 29.3 Å². The minimum absolute atomic E-state index is 0.0942. The maximum Gasteiger partial charge on any atom is 0.335 e. The molecule has 0 bridgehead atoms. The average Bonchev–Trinajstić information content (AvgIpc) is 2.14. The fraction of sp³-hybridized carbons (Fsp3) is 0.250. The number of phenols is 1. The number of aryl methyl sites for hydroxylation is 1. The number of hydrogen-bond donors (Lipinski definition) is 2. The molecule has 0 unspecified atom stereocenters. The highest BCUT2D eigenvalue weighted by Gasteiger charge is 2.10. The molecular weight excluding hydrogens is 192 g/mol. The predicted molar refractivity (Wildman–Crippen MR) is 58.2 cm³/mol. The summed E-state index contributed by atoms with van der Waals surface area (Å²) in [5.74, 6) is -0.872. The number of benzene rings is 1. The summed E-state index contributed by atoms with van der Waals surface area (Å²) in [5, 5.41) is 18.2. The second-order valence-corrected chi connectivity index (χ2v) is 3.60. The lowest BCUT2D eigenvalue weighted by molar-refractivity contribution is 0.0695. The highest BCUT2D eigenvalue weighted by Crippen LogP contribution is 2.19. The van der Waals surface area contributed by atoms with E-state index in [2.05, 4.69) is 6.58 Å². The standard InChI is InChI=1S/C12H14O3/c1-8(2)3-4-9-7-10(13)5-6-11(9)12(14)15/h5-7,13H,1,3-4H2,2H3,(H,14,15). The van der Waals surface area contributed by atoms with Crippen molar-refractivity contribution in [2.24, 2.45) is 0 Å². The number of carbonyl (C=O) groups is 1. The molecule has 0 saturated carbocycles. The molecule has 15 heavy (non-hydrogen) atoms. The number of rotatable bonds is 4. The first-order chi connectivity index (χ1) is 7.00. The molecule has 3 heteroatoms. The fourth-order valence-electron chi connectivity index (χ4n) is 1.34. The first kappa shape index (κ1) is 11.3. The molecule has 0 aliphatic rings. The average molecular weight is 206 g/mol. The van der Waals surface area contributed by atoms with Gasteiger partial charge in [-0.2, -0.15) is 0 Å². The van der Waals surface area contributed by atoms with Crippen LogP contribution in [-0.4, -0.2) is 16.2 Å². The van der Waals surface area contributed by atoms with Gasteiger partial charge in [-0.1, -0.05) is 5.57 Å². The molecule has 1 aromatic carbocycles. The third kappa shape index (κ3) is 3.13. The molecule has 0 fully saturated rings. The minimum atomic E-state index is -0.966. The first-order valence-corrected chi connectivity index (χ1v) is 4.70. The summed E-state index contributed by atoms with van der Waals surface area (Å²) in [5.41, 5.74) is 1.88. The molecule has 1 aromatic rings. The predicted octanol–water partition coefficient (Wildman–Crippen LogP) is 2.60. The molecule has 2 N–H and O–H groups in total. The van der Waals surface area contributed by atoms with Gasteiger partial charge in [0.25, 0.3) is 0 Å². The Morgan fingerprint density at radius 2 is 2.13 bits per heavy atom. The van der Waals surface area contributed by atoms with E-state index in [0.29, 0.717) is 12.0 Å². The van der Waals surface area contributed by atoms with E-state index in [9.17, 15) is 9.90 Å². The molecule has 0 aliphatic heterocycles. The quantitative estimate of drug-likeness (QED) is 0.744. The third-order valence-electron chi connectivity index (χ3n) is 2.14. The summed E-state index contributed by atoms with van der Waals surface area (Å²) in [6.45, 7) is 5.65. The van der Waals surface area contributed by atoms with Gasteiger partial charge in [-0.3, -0.25) is 0 Å². The van der Waals surface area contributed by atoms with E-state index < -0.39 is 5.97 Å². The summed E-state index contributed by atoms with van der Waals surface area (Å²) < 4.78 is 0. The largest absolute Gasteiger partial charge is 0.508 e. The van der Waals surface area contributed by atoms with E-state index in [1.807, 2.05) is 6.92 Å². The number of allylic oxidation sites excluding steroid dienone is 1. The van der Waals surface area contributed by atoms with Crippen molar-refractivity contribution in [3.63, 3.8) is 0 Å². The van der Waals surface area contributed by atoms with Crippen LogP contribution in [0.2, 0.25) is 0 Å². The van der Waals surface area contributed by atoms with Gasteiger partial charge in [-0.05, 0) is 43.5 Å². The molecule has 3 nitrogen and oxygen atoms in total. The van der Waals surface area contributed by atoms with Gasteiger partial charge < -0.3 is 10.2 Å². The van der Waals surface area contributed by atoms with Crippen LogP contribution in [0.15, 0.2) is 30.4 Å². The van der Waals surface area contributed by atoms with Crippen molar-refractivity contribution < 1.29 is 15.0 Å². The lowest BCUT2D eigenvalue weighted by Gasteiger charge is -2.06. The first-order valence-electron chi connectivity index (χ1n) is 4.70. The Hall–Kier alpha value is -1.77. The van der Waals surface area contributed by atoms with Gasteiger partial charge in [0.1, 0.15) is 5.75 Å². The monoisotopic (exact) mass is 206 g/mol. The SMILES string of the molecule is C=C(C)CCc1cc(O)ccc1C(=O)O. The molecule has 0 heterocycles. The van der Waals surface area contributed by atoms with Gasteiger partial charge >= 0.3 is 5.97 Å². The zero-order chi connectivity index (χ0) is 11.4.